The van der Waals surface area contributed by atoms with Crippen molar-refractivity contribution in [2.75, 3.05) is 6.54 Å². The number of rotatable bonds is 2. The van der Waals surface area contributed by atoms with Crippen LogP contribution in [0.3, 0.4) is 0 Å². The molecule has 0 spiro atoms. The molecular formula is C8H11BrN2O. The maximum absolute atomic E-state index is 9.79. The highest BCUT2D eigenvalue weighted by molar-refractivity contribution is 9.10. The number of pyridine rings is 1. The Morgan fingerprint density at radius 1 is 1.75 bits per heavy atom. The molecular weight excluding hydrogens is 220 g/mol. The summed E-state index contributed by atoms with van der Waals surface area (Å²) >= 11 is 3.29. The van der Waals surface area contributed by atoms with E-state index in [4.69, 9.17) is 5.73 Å². The van der Waals surface area contributed by atoms with Gasteiger partial charge in [-0.1, -0.05) is 0 Å². The SMILES string of the molecule is CC(O)(CN)c1ccncc1Br. The van der Waals surface area contributed by atoms with Gasteiger partial charge in [-0.2, -0.15) is 0 Å². The molecule has 1 heterocycles. The van der Waals surface area contributed by atoms with Crippen molar-refractivity contribution >= 4 is 15.9 Å². The van der Waals surface area contributed by atoms with Gasteiger partial charge in [-0.25, -0.2) is 0 Å². The van der Waals surface area contributed by atoms with Crippen LogP contribution in [0.4, 0.5) is 0 Å². The van der Waals surface area contributed by atoms with Crippen LogP contribution in [0, 0.1) is 0 Å². The lowest BCUT2D eigenvalue weighted by molar-refractivity contribution is 0.0660. The van der Waals surface area contributed by atoms with Gasteiger partial charge in [0.05, 0.1) is 0 Å². The van der Waals surface area contributed by atoms with E-state index in [-0.39, 0.29) is 6.54 Å². The number of hydrogen-bond acceptors (Lipinski definition) is 3. The molecule has 66 valence electrons. The van der Waals surface area contributed by atoms with Gasteiger partial charge in [0.15, 0.2) is 0 Å². The van der Waals surface area contributed by atoms with E-state index < -0.39 is 5.60 Å². The zero-order valence-corrected chi connectivity index (χ0v) is 8.37. The van der Waals surface area contributed by atoms with Gasteiger partial charge in [0.2, 0.25) is 0 Å². The van der Waals surface area contributed by atoms with Gasteiger partial charge < -0.3 is 10.8 Å². The quantitative estimate of drug-likeness (QED) is 0.798. The van der Waals surface area contributed by atoms with E-state index in [2.05, 4.69) is 20.9 Å². The van der Waals surface area contributed by atoms with Crippen LogP contribution in [0.15, 0.2) is 22.9 Å². The Morgan fingerprint density at radius 3 is 2.92 bits per heavy atom. The summed E-state index contributed by atoms with van der Waals surface area (Å²) in [4.78, 5) is 3.89. The Balaban J connectivity index is 3.10. The van der Waals surface area contributed by atoms with Gasteiger partial charge in [0.25, 0.3) is 0 Å². The maximum atomic E-state index is 9.79. The smallest absolute Gasteiger partial charge is 0.100 e. The first-order valence-electron chi connectivity index (χ1n) is 3.60. The van der Waals surface area contributed by atoms with Crippen molar-refractivity contribution in [1.82, 2.24) is 4.98 Å². The minimum atomic E-state index is -0.984. The average Bonchev–Trinajstić information content (AvgIpc) is 2.05. The van der Waals surface area contributed by atoms with E-state index in [1.54, 1.807) is 25.4 Å². The molecule has 1 unspecified atom stereocenters. The Labute approximate surface area is 79.7 Å². The van der Waals surface area contributed by atoms with Gasteiger partial charge in [-0.3, -0.25) is 4.98 Å². The van der Waals surface area contributed by atoms with Crippen LogP contribution < -0.4 is 5.73 Å². The Kier molecular flexibility index (Phi) is 2.82. The van der Waals surface area contributed by atoms with Crippen LogP contribution in [0.5, 0.6) is 0 Å². The predicted molar refractivity (Wildman–Crippen MR) is 50.6 cm³/mol. The third-order valence-corrected chi connectivity index (χ3v) is 2.38. The summed E-state index contributed by atoms with van der Waals surface area (Å²) in [7, 11) is 0. The number of halogens is 1. The standard InChI is InChI=1S/C8H11BrN2O/c1-8(12,5-10)6-2-3-11-4-7(6)9/h2-4,12H,5,10H2,1H3. The molecule has 0 amide bonds. The molecule has 1 aromatic heterocycles. The lowest BCUT2D eigenvalue weighted by Crippen LogP contribution is -2.31. The molecule has 0 radical (unpaired) electrons. The zero-order chi connectivity index (χ0) is 9.19. The topological polar surface area (TPSA) is 59.1 Å². The third kappa shape index (κ3) is 1.83. The molecule has 1 rings (SSSR count). The highest BCUT2D eigenvalue weighted by atomic mass is 79.9. The second-order valence-corrected chi connectivity index (χ2v) is 3.69. The molecule has 3 nitrogen and oxygen atoms in total. The summed E-state index contributed by atoms with van der Waals surface area (Å²) in [6, 6.07) is 1.75. The fourth-order valence-electron chi connectivity index (χ4n) is 0.922. The second-order valence-electron chi connectivity index (χ2n) is 2.83. The summed E-state index contributed by atoms with van der Waals surface area (Å²) in [6.45, 7) is 1.86. The van der Waals surface area contributed by atoms with Gasteiger partial charge in [0.1, 0.15) is 5.60 Å². The van der Waals surface area contributed by atoms with Crippen LogP contribution in [0.25, 0.3) is 0 Å². The highest BCUT2D eigenvalue weighted by Crippen LogP contribution is 2.25. The molecule has 4 heteroatoms. The van der Waals surface area contributed by atoms with Crippen LogP contribution >= 0.6 is 15.9 Å². The van der Waals surface area contributed by atoms with Crippen molar-refractivity contribution in [2.45, 2.75) is 12.5 Å². The molecule has 1 aromatic rings. The van der Waals surface area contributed by atoms with E-state index >= 15 is 0 Å². The maximum Gasteiger partial charge on any atom is 0.100 e. The summed E-state index contributed by atoms with van der Waals surface area (Å²) in [5.41, 5.74) is 5.20. The van der Waals surface area contributed by atoms with E-state index in [0.717, 1.165) is 10.0 Å². The van der Waals surface area contributed by atoms with Crippen molar-refractivity contribution in [3.63, 3.8) is 0 Å². The molecule has 0 aliphatic heterocycles. The van der Waals surface area contributed by atoms with Crippen molar-refractivity contribution in [2.24, 2.45) is 5.73 Å². The largest absolute Gasteiger partial charge is 0.384 e. The molecule has 0 aliphatic rings. The molecule has 0 fully saturated rings. The number of aliphatic hydroxyl groups is 1. The summed E-state index contributed by atoms with van der Waals surface area (Å²) in [5, 5.41) is 9.79. The molecule has 3 N–H and O–H groups in total. The molecule has 0 saturated carbocycles. The van der Waals surface area contributed by atoms with Gasteiger partial charge in [0, 0.05) is 29.0 Å². The van der Waals surface area contributed by atoms with Gasteiger partial charge in [-0.15, -0.1) is 0 Å². The first-order valence-corrected chi connectivity index (χ1v) is 4.39. The number of nitrogens with two attached hydrogens (primary N) is 1. The molecule has 0 saturated heterocycles. The lowest BCUT2D eigenvalue weighted by atomic mass is 9.98. The fraction of sp³-hybridized carbons (Fsp3) is 0.375. The van der Waals surface area contributed by atoms with E-state index in [1.165, 1.54) is 0 Å². The fourth-order valence-corrected chi connectivity index (χ4v) is 1.60. The van der Waals surface area contributed by atoms with Crippen molar-refractivity contribution < 1.29 is 5.11 Å². The molecule has 1 atom stereocenters. The Morgan fingerprint density at radius 2 is 2.42 bits per heavy atom. The Hall–Kier alpha value is -0.450. The van der Waals surface area contributed by atoms with E-state index in [0.29, 0.717) is 0 Å². The minimum Gasteiger partial charge on any atom is -0.384 e. The number of nitrogens with zero attached hydrogens (tertiary/aromatic N) is 1. The third-order valence-electron chi connectivity index (χ3n) is 1.75. The van der Waals surface area contributed by atoms with Crippen molar-refractivity contribution in [3.8, 4) is 0 Å². The molecule has 0 aliphatic carbocycles. The Bertz CT molecular complexity index is 276. The molecule has 0 aromatic carbocycles. The van der Waals surface area contributed by atoms with E-state index in [9.17, 15) is 5.11 Å². The number of aromatic nitrogens is 1. The van der Waals surface area contributed by atoms with Gasteiger partial charge >= 0.3 is 0 Å². The molecule has 0 bridgehead atoms. The average molecular weight is 231 g/mol. The van der Waals surface area contributed by atoms with Crippen LogP contribution in [0.2, 0.25) is 0 Å². The predicted octanol–water partition coefficient (Wildman–Crippen LogP) is 1.01. The van der Waals surface area contributed by atoms with Crippen LogP contribution in [-0.2, 0) is 5.60 Å². The monoisotopic (exact) mass is 230 g/mol. The van der Waals surface area contributed by atoms with Crippen LogP contribution in [0.1, 0.15) is 12.5 Å². The number of hydrogen-bond donors (Lipinski definition) is 2. The van der Waals surface area contributed by atoms with Gasteiger partial charge in [-0.05, 0) is 28.9 Å². The first kappa shape index (κ1) is 9.64. The second kappa shape index (κ2) is 3.51. The summed E-state index contributed by atoms with van der Waals surface area (Å²) in [6.07, 6.45) is 3.27. The minimum absolute atomic E-state index is 0.190. The van der Waals surface area contributed by atoms with Crippen LogP contribution in [-0.4, -0.2) is 16.6 Å². The van der Waals surface area contributed by atoms with Crippen molar-refractivity contribution in [3.05, 3.63) is 28.5 Å². The summed E-state index contributed by atoms with van der Waals surface area (Å²) < 4.78 is 0.778. The zero-order valence-electron chi connectivity index (χ0n) is 6.79. The molecule has 12 heavy (non-hydrogen) atoms. The first-order chi connectivity index (χ1) is 5.58. The normalized spacial score (nSPS) is 15.7. The summed E-state index contributed by atoms with van der Waals surface area (Å²) in [5.74, 6) is 0. The lowest BCUT2D eigenvalue weighted by Gasteiger charge is -2.22. The van der Waals surface area contributed by atoms with E-state index in [1.807, 2.05) is 0 Å². The van der Waals surface area contributed by atoms with Crippen molar-refractivity contribution in [1.29, 1.82) is 0 Å². The highest BCUT2D eigenvalue weighted by Gasteiger charge is 2.23.